The van der Waals surface area contributed by atoms with Crippen LogP contribution in [0, 0.1) is 17.8 Å². The molecule has 0 aromatic rings. The molecular formula is C13H22ClNO. The maximum atomic E-state index is 12.0. The Hall–Kier alpha value is -0.240. The summed E-state index contributed by atoms with van der Waals surface area (Å²) in [5.74, 6) is 2.78. The van der Waals surface area contributed by atoms with Gasteiger partial charge in [-0.1, -0.05) is 12.8 Å². The van der Waals surface area contributed by atoms with E-state index in [1.54, 1.807) is 0 Å². The van der Waals surface area contributed by atoms with Crippen LogP contribution in [-0.4, -0.2) is 17.8 Å². The van der Waals surface area contributed by atoms with Gasteiger partial charge in [-0.25, -0.2) is 0 Å². The van der Waals surface area contributed by atoms with Crippen molar-refractivity contribution in [1.29, 1.82) is 0 Å². The number of nitrogens with one attached hydrogen (secondary N) is 1. The third-order valence-electron chi connectivity index (χ3n) is 4.12. The third kappa shape index (κ3) is 2.71. The highest BCUT2D eigenvalue weighted by Gasteiger charge is 2.54. The van der Waals surface area contributed by atoms with Crippen molar-refractivity contribution in [1.82, 2.24) is 5.32 Å². The van der Waals surface area contributed by atoms with Gasteiger partial charge in [-0.15, -0.1) is 11.6 Å². The summed E-state index contributed by atoms with van der Waals surface area (Å²) in [5, 5.41) is 3.14. The highest BCUT2D eigenvalue weighted by atomic mass is 35.5. The number of rotatable bonds is 5. The van der Waals surface area contributed by atoms with Gasteiger partial charge < -0.3 is 5.32 Å². The molecule has 1 N–H and O–H groups in total. The second-order valence-electron chi connectivity index (χ2n) is 5.38. The molecule has 3 unspecified atom stereocenters. The Balaban J connectivity index is 1.72. The number of hydrogen-bond acceptors (Lipinski definition) is 1. The molecule has 2 aliphatic carbocycles. The smallest absolute Gasteiger partial charge is 0.223 e. The minimum atomic E-state index is 0.286. The molecule has 1 amide bonds. The lowest BCUT2D eigenvalue weighted by atomic mass is 10.0. The quantitative estimate of drug-likeness (QED) is 0.740. The van der Waals surface area contributed by atoms with Gasteiger partial charge >= 0.3 is 0 Å². The second-order valence-corrected chi connectivity index (χ2v) is 5.76. The first-order chi connectivity index (χ1) is 7.74. The van der Waals surface area contributed by atoms with Crippen LogP contribution in [0.2, 0.25) is 0 Å². The van der Waals surface area contributed by atoms with Crippen molar-refractivity contribution in [2.45, 2.75) is 51.5 Å². The molecule has 2 fully saturated rings. The van der Waals surface area contributed by atoms with E-state index in [-0.39, 0.29) is 6.04 Å². The fourth-order valence-electron chi connectivity index (χ4n) is 3.18. The Morgan fingerprint density at radius 3 is 2.56 bits per heavy atom. The van der Waals surface area contributed by atoms with Gasteiger partial charge in [-0.2, -0.15) is 0 Å². The Kier molecular flexibility index (Phi) is 4.12. The number of amides is 1. The van der Waals surface area contributed by atoms with Crippen LogP contribution >= 0.6 is 11.6 Å². The van der Waals surface area contributed by atoms with Crippen LogP contribution in [0.15, 0.2) is 0 Å². The summed E-state index contributed by atoms with van der Waals surface area (Å²) in [7, 11) is 0. The van der Waals surface area contributed by atoms with Crippen molar-refractivity contribution in [2.75, 3.05) is 5.88 Å². The zero-order valence-electron chi connectivity index (χ0n) is 10.0. The summed E-state index contributed by atoms with van der Waals surface area (Å²) in [4.78, 5) is 12.0. The number of carbonyl (C=O) groups is 1. The monoisotopic (exact) mass is 243 g/mol. The van der Waals surface area contributed by atoms with Crippen LogP contribution < -0.4 is 5.32 Å². The van der Waals surface area contributed by atoms with Gasteiger partial charge in [0.25, 0.3) is 0 Å². The number of hydrogen-bond donors (Lipinski definition) is 1. The molecule has 3 atom stereocenters. The first kappa shape index (κ1) is 12.2. The Morgan fingerprint density at radius 1 is 1.38 bits per heavy atom. The first-order valence-corrected chi connectivity index (χ1v) is 7.14. The lowest BCUT2D eigenvalue weighted by Gasteiger charge is -2.12. The van der Waals surface area contributed by atoms with Crippen molar-refractivity contribution in [3.63, 3.8) is 0 Å². The lowest BCUT2D eigenvalue weighted by Crippen LogP contribution is -2.34. The normalized spacial score (nSPS) is 34.0. The van der Waals surface area contributed by atoms with Gasteiger partial charge in [-0.05, 0) is 44.4 Å². The van der Waals surface area contributed by atoms with E-state index in [4.69, 9.17) is 11.6 Å². The average molecular weight is 244 g/mol. The predicted molar refractivity (Wildman–Crippen MR) is 66.5 cm³/mol. The topological polar surface area (TPSA) is 29.1 Å². The van der Waals surface area contributed by atoms with Gasteiger partial charge in [0.15, 0.2) is 0 Å². The van der Waals surface area contributed by atoms with Crippen molar-refractivity contribution < 1.29 is 4.79 Å². The molecule has 0 bridgehead atoms. The van der Waals surface area contributed by atoms with E-state index in [9.17, 15) is 4.79 Å². The molecule has 0 aromatic heterocycles. The van der Waals surface area contributed by atoms with Crippen LogP contribution in [-0.2, 0) is 4.79 Å². The summed E-state index contributed by atoms with van der Waals surface area (Å²) in [6, 6.07) is 0.286. The SMILES string of the molecule is CC(CCCCl)NC(=O)C1C2CCCCC21. The molecule has 0 aromatic carbocycles. The molecule has 0 aliphatic heterocycles. The van der Waals surface area contributed by atoms with Crippen molar-refractivity contribution in [2.24, 2.45) is 17.8 Å². The van der Waals surface area contributed by atoms with E-state index in [2.05, 4.69) is 12.2 Å². The minimum absolute atomic E-state index is 0.286. The number of carbonyl (C=O) groups excluding carboxylic acids is 1. The van der Waals surface area contributed by atoms with Gasteiger partial charge in [0.05, 0.1) is 0 Å². The highest BCUT2D eigenvalue weighted by molar-refractivity contribution is 6.17. The summed E-state index contributed by atoms with van der Waals surface area (Å²) in [6.07, 6.45) is 7.19. The molecule has 0 spiro atoms. The lowest BCUT2D eigenvalue weighted by molar-refractivity contribution is -0.123. The van der Waals surface area contributed by atoms with Crippen LogP contribution in [0.1, 0.15) is 45.4 Å². The molecule has 0 heterocycles. The standard InChI is InChI=1S/C13H22ClNO/c1-9(5-4-8-14)15-13(16)12-10-6-2-3-7-11(10)12/h9-12H,2-8H2,1H3,(H,15,16). The zero-order chi connectivity index (χ0) is 11.5. The van der Waals surface area contributed by atoms with E-state index in [0.29, 0.717) is 29.5 Å². The maximum absolute atomic E-state index is 12.0. The van der Waals surface area contributed by atoms with Crippen LogP contribution in [0.3, 0.4) is 0 Å². The predicted octanol–water partition coefficient (Wildman–Crippen LogP) is 2.95. The minimum Gasteiger partial charge on any atom is -0.353 e. The van der Waals surface area contributed by atoms with Crippen molar-refractivity contribution in [3.8, 4) is 0 Å². The highest BCUT2D eigenvalue weighted by Crippen LogP contribution is 2.55. The van der Waals surface area contributed by atoms with E-state index >= 15 is 0 Å². The molecule has 2 aliphatic rings. The van der Waals surface area contributed by atoms with Crippen molar-refractivity contribution >= 4 is 17.5 Å². The summed E-state index contributed by atoms with van der Waals surface area (Å²) in [6.45, 7) is 2.08. The average Bonchev–Trinajstić information content (AvgIpc) is 3.00. The molecule has 2 saturated carbocycles. The van der Waals surface area contributed by atoms with Crippen LogP contribution in [0.5, 0.6) is 0 Å². The molecule has 92 valence electrons. The molecule has 2 nitrogen and oxygen atoms in total. The molecule has 3 heteroatoms. The Morgan fingerprint density at radius 2 is 2.00 bits per heavy atom. The number of fused-ring (bicyclic) bond motifs is 1. The van der Waals surface area contributed by atoms with E-state index in [0.717, 1.165) is 12.8 Å². The van der Waals surface area contributed by atoms with Crippen molar-refractivity contribution in [3.05, 3.63) is 0 Å². The van der Waals surface area contributed by atoms with Crippen LogP contribution in [0.4, 0.5) is 0 Å². The van der Waals surface area contributed by atoms with Gasteiger partial charge in [0.1, 0.15) is 0 Å². The zero-order valence-corrected chi connectivity index (χ0v) is 10.8. The summed E-state index contributed by atoms with van der Waals surface area (Å²) >= 11 is 5.64. The molecule has 0 radical (unpaired) electrons. The molecule has 2 rings (SSSR count). The third-order valence-corrected chi connectivity index (χ3v) is 4.39. The molecule has 16 heavy (non-hydrogen) atoms. The largest absolute Gasteiger partial charge is 0.353 e. The van der Waals surface area contributed by atoms with E-state index in [1.807, 2.05) is 0 Å². The molecule has 0 saturated heterocycles. The Labute approximate surface area is 103 Å². The Bertz CT molecular complexity index is 244. The number of alkyl halides is 1. The fourth-order valence-corrected chi connectivity index (χ4v) is 3.33. The fraction of sp³-hybridized carbons (Fsp3) is 0.923. The van der Waals surface area contributed by atoms with E-state index in [1.165, 1.54) is 25.7 Å². The second kappa shape index (κ2) is 5.39. The van der Waals surface area contributed by atoms with Gasteiger partial charge in [0, 0.05) is 17.8 Å². The van der Waals surface area contributed by atoms with Gasteiger partial charge in [-0.3, -0.25) is 4.79 Å². The van der Waals surface area contributed by atoms with E-state index < -0.39 is 0 Å². The van der Waals surface area contributed by atoms with Gasteiger partial charge in [0.2, 0.25) is 5.91 Å². The number of halogens is 1. The van der Waals surface area contributed by atoms with Crippen LogP contribution in [0.25, 0.3) is 0 Å². The molecular weight excluding hydrogens is 222 g/mol. The maximum Gasteiger partial charge on any atom is 0.223 e. The summed E-state index contributed by atoms with van der Waals surface area (Å²) in [5.41, 5.74) is 0. The first-order valence-electron chi connectivity index (χ1n) is 6.60. The summed E-state index contributed by atoms with van der Waals surface area (Å²) < 4.78 is 0.